The minimum absolute atomic E-state index is 0.149. The SMILES string of the molecule is CCc1cc(N2CCC(NC(=O)N3CCCC3CN3CCCC3)CC2)ncn1. The lowest BCUT2D eigenvalue weighted by Gasteiger charge is -2.35. The molecule has 0 aliphatic carbocycles. The fourth-order valence-corrected chi connectivity index (χ4v) is 4.82. The number of piperidine rings is 1. The second-order valence-electron chi connectivity index (χ2n) is 8.43. The standard InChI is InChI=1S/C21H34N6O/c1-2-17-14-20(23-16-22-17)26-12-7-18(8-13-26)24-21(28)27-11-5-6-19(27)15-25-9-3-4-10-25/h14,16,18-19H,2-13,15H2,1H3,(H,24,28). The van der Waals surface area contributed by atoms with Gasteiger partial charge in [-0.3, -0.25) is 0 Å². The third-order valence-electron chi connectivity index (χ3n) is 6.52. The molecule has 4 heterocycles. The van der Waals surface area contributed by atoms with E-state index >= 15 is 0 Å². The first-order valence-corrected chi connectivity index (χ1v) is 11.1. The van der Waals surface area contributed by atoms with Crippen LogP contribution in [0.4, 0.5) is 10.6 Å². The Morgan fingerprint density at radius 1 is 1.07 bits per heavy atom. The summed E-state index contributed by atoms with van der Waals surface area (Å²) in [6.45, 7) is 8.34. The van der Waals surface area contributed by atoms with Gasteiger partial charge in [0, 0.05) is 50.0 Å². The molecule has 3 saturated heterocycles. The molecule has 1 aromatic heterocycles. The van der Waals surface area contributed by atoms with Crippen LogP contribution >= 0.6 is 0 Å². The third kappa shape index (κ3) is 4.57. The quantitative estimate of drug-likeness (QED) is 0.841. The van der Waals surface area contributed by atoms with Gasteiger partial charge in [-0.15, -0.1) is 0 Å². The predicted octanol–water partition coefficient (Wildman–Crippen LogP) is 2.28. The van der Waals surface area contributed by atoms with Crippen LogP contribution in [0.2, 0.25) is 0 Å². The monoisotopic (exact) mass is 386 g/mol. The maximum absolute atomic E-state index is 12.9. The number of carbonyl (C=O) groups is 1. The Kier molecular flexibility index (Phi) is 6.29. The van der Waals surface area contributed by atoms with Crippen molar-refractivity contribution in [2.45, 2.75) is 64.0 Å². The lowest BCUT2D eigenvalue weighted by molar-refractivity contribution is 0.170. The molecule has 2 amide bonds. The van der Waals surface area contributed by atoms with E-state index in [1.807, 2.05) is 0 Å². The first-order chi connectivity index (χ1) is 13.7. The molecular weight excluding hydrogens is 352 g/mol. The summed E-state index contributed by atoms with van der Waals surface area (Å²) in [6.07, 6.45) is 9.44. The van der Waals surface area contributed by atoms with Crippen LogP contribution in [0.1, 0.15) is 51.1 Å². The molecule has 3 fully saturated rings. The summed E-state index contributed by atoms with van der Waals surface area (Å²) in [6, 6.07) is 2.90. The van der Waals surface area contributed by atoms with Gasteiger partial charge >= 0.3 is 6.03 Å². The second-order valence-corrected chi connectivity index (χ2v) is 8.43. The van der Waals surface area contributed by atoms with E-state index in [1.165, 1.54) is 25.9 Å². The zero-order valence-electron chi connectivity index (χ0n) is 17.1. The van der Waals surface area contributed by atoms with Crippen molar-refractivity contribution in [3.8, 4) is 0 Å². The molecule has 7 nitrogen and oxygen atoms in total. The number of rotatable bonds is 5. The first kappa shape index (κ1) is 19.4. The Balaban J connectivity index is 1.26. The minimum atomic E-state index is 0.149. The Hall–Kier alpha value is -1.89. The summed E-state index contributed by atoms with van der Waals surface area (Å²) >= 11 is 0. The van der Waals surface area contributed by atoms with Crippen LogP contribution < -0.4 is 10.2 Å². The van der Waals surface area contributed by atoms with Crippen molar-refractivity contribution >= 4 is 11.8 Å². The second kappa shape index (κ2) is 9.07. The number of nitrogens with one attached hydrogen (secondary N) is 1. The number of amides is 2. The Morgan fingerprint density at radius 2 is 1.86 bits per heavy atom. The van der Waals surface area contributed by atoms with Crippen molar-refractivity contribution < 1.29 is 4.79 Å². The van der Waals surface area contributed by atoms with E-state index in [4.69, 9.17) is 0 Å². The zero-order chi connectivity index (χ0) is 19.3. The Morgan fingerprint density at radius 3 is 2.61 bits per heavy atom. The largest absolute Gasteiger partial charge is 0.356 e. The highest BCUT2D eigenvalue weighted by molar-refractivity contribution is 5.75. The molecule has 1 aromatic rings. The lowest BCUT2D eigenvalue weighted by Crippen LogP contribution is -2.52. The van der Waals surface area contributed by atoms with Gasteiger partial charge in [0.15, 0.2) is 0 Å². The smallest absolute Gasteiger partial charge is 0.317 e. The number of hydrogen-bond donors (Lipinski definition) is 1. The number of hydrogen-bond acceptors (Lipinski definition) is 5. The predicted molar refractivity (Wildman–Crippen MR) is 111 cm³/mol. The van der Waals surface area contributed by atoms with Crippen molar-refractivity contribution in [2.75, 3.05) is 44.2 Å². The van der Waals surface area contributed by atoms with Crippen LogP contribution in [-0.4, -0.2) is 77.2 Å². The molecule has 0 spiro atoms. The average Bonchev–Trinajstić information content (AvgIpc) is 3.41. The van der Waals surface area contributed by atoms with Gasteiger partial charge in [0.25, 0.3) is 0 Å². The van der Waals surface area contributed by atoms with Gasteiger partial charge in [-0.2, -0.15) is 0 Å². The van der Waals surface area contributed by atoms with Crippen molar-refractivity contribution in [1.29, 1.82) is 0 Å². The van der Waals surface area contributed by atoms with Gasteiger partial charge < -0.3 is 20.0 Å². The maximum Gasteiger partial charge on any atom is 0.317 e. The molecule has 0 saturated carbocycles. The van der Waals surface area contributed by atoms with Gasteiger partial charge in [0.1, 0.15) is 12.1 Å². The zero-order valence-corrected chi connectivity index (χ0v) is 17.1. The molecule has 4 rings (SSSR count). The highest BCUT2D eigenvalue weighted by atomic mass is 16.2. The fourth-order valence-electron chi connectivity index (χ4n) is 4.82. The molecule has 3 aliphatic heterocycles. The summed E-state index contributed by atoms with van der Waals surface area (Å²) in [5.74, 6) is 1.02. The summed E-state index contributed by atoms with van der Waals surface area (Å²) in [5.41, 5.74) is 1.08. The lowest BCUT2D eigenvalue weighted by atomic mass is 10.1. The van der Waals surface area contributed by atoms with E-state index in [1.54, 1.807) is 6.33 Å². The number of aromatic nitrogens is 2. The summed E-state index contributed by atoms with van der Waals surface area (Å²) in [7, 11) is 0. The third-order valence-corrected chi connectivity index (χ3v) is 6.52. The van der Waals surface area contributed by atoms with Crippen LogP contribution in [-0.2, 0) is 6.42 Å². The van der Waals surface area contributed by atoms with E-state index in [9.17, 15) is 4.79 Å². The molecule has 1 atom stereocenters. The molecule has 0 radical (unpaired) electrons. The minimum Gasteiger partial charge on any atom is -0.356 e. The maximum atomic E-state index is 12.9. The highest BCUT2D eigenvalue weighted by Gasteiger charge is 2.32. The molecule has 0 aromatic carbocycles. The average molecular weight is 387 g/mol. The van der Waals surface area contributed by atoms with Crippen LogP contribution in [0, 0.1) is 0 Å². The normalized spacial score (nSPS) is 24.1. The van der Waals surface area contributed by atoms with E-state index in [2.05, 4.69) is 43.0 Å². The fraction of sp³-hybridized carbons (Fsp3) is 0.762. The van der Waals surface area contributed by atoms with Crippen molar-refractivity contribution in [3.05, 3.63) is 18.1 Å². The number of aryl methyl sites for hydroxylation is 1. The Labute approximate surface area is 168 Å². The highest BCUT2D eigenvalue weighted by Crippen LogP contribution is 2.22. The molecular formula is C21H34N6O. The van der Waals surface area contributed by atoms with Crippen molar-refractivity contribution in [2.24, 2.45) is 0 Å². The number of nitrogens with zero attached hydrogens (tertiary/aromatic N) is 5. The van der Waals surface area contributed by atoms with E-state index in [0.29, 0.717) is 6.04 Å². The van der Waals surface area contributed by atoms with Crippen LogP contribution in [0.5, 0.6) is 0 Å². The van der Waals surface area contributed by atoms with Crippen LogP contribution in [0.15, 0.2) is 12.4 Å². The van der Waals surface area contributed by atoms with E-state index in [0.717, 1.165) is 69.8 Å². The summed E-state index contributed by atoms with van der Waals surface area (Å²) in [4.78, 5) is 28.6. The number of urea groups is 1. The van der Waals surface area contributed by atoms with Gasteiger partial charge in [0.2, 0.25) is 0 Å². The Bertz CT molecular complexity index is 654. The van der Waals surface area contributed by atoms with Gasteiger partial charge in [-0.1, -0.05) is 6.92 Å². The molecule has 28 heavy (non-hydrogen) atoms. The summed E-state index contributed by atoms with van der Waals surface area (Å²) < 4.78 is 0. The molecule has 1 unspecified atom stereocenters. The van der Waals surface area contributed by atoms with Gasteiger partial charge in [-0.05, 0) is 58.0 Å². The van der Waals surface area contributed by atoms with Gasteiger partial charge in [0.05, 0.1) is 0 Å². The van der Waals surface area contributed by atoms with Crippen LogP contribution in [0.3, 0.4) is 0 Å². The molecule has 1 N–H and O–H groups in total. The van der Waals surface area contributed by atoms with E-state index in [-0.39, 0.29) is 12.1 Å². The van der Waals surface area contributed by atoms with Crippen LogP contribution in [0.25, 0.3) is 0 Å². The molecule has 3 aliphatic rings. The molecule has 7 heteroatoms. The summed E-state index contributed by atoms with van der Waals surface area (Å²) in [5, 5.41) is 3.32. The van der Waals surface area contributed by atoms with E-state index < -0.39 is 0 Å². The number of likely N-dealkylation sites (tertiary alicyclic amines) is 2. The number of carbonyl (C=O) groups excluding carboxylic acids is 1. The van der Waals surface area contributed by atoms with Gasteiger partial charge in [-0.25, -0.2) is 14.8 Å². The molecule has 0 bridgehead atoms. The van der Waals surface area contributed by atoms with Crippen molar-refractivity contribution in [1.82, 2.24) is 25.1 Å². The molecule has 154 valence electrons. The van der Waals surface area contributed by atoms with Crippen molar-refractivity contribution in [3.63, 3.8) is 0 Å². The topological polar surface area (TPSA) is 64.6 Å². The first-order valence-electron chi connectivity index (χ1n) is 11.1. The number of anilines is 1.